The molecule has 1 aromatic rings. The van der Waals surface area contributed by atoms with Crippen LogP contribution in [0.15, 0.2) is 29.2 Å². The molecule has 4 nitrogen and oxygen atoms in total. The molecule has 1 amide bonds. The molecule has 0 aliphatic carbocycles. The highest BCUT2D eigenvalue weighted by atomic mass is 35.5. The van der Waals surface area contributed by atoms with Crippen LogP contribution in [-0.2, 0) is 14.3 Å². The molecule has 1 rings (SSSR count). The van der Waals surface area contributed by atoms with Gasteiger partial charge in [-0.15, -0.1) is 11.8 Å². The van der Waals surface area contributed by atoms with E-state index in [0.29, 0.717) is 5.02 Å². The summed E-state index contributed by atoms with van der Waals surface area (Å²) in [6.07, 6.45) is 0. The van der Waals surface area contributed by atoms with Crippen LogP contribution < -0.4 is 5.32 Å². The van der Waals surface area contributed by atoms with Gasteiger partial charge in [-0.1, -0.05) is 23.7 Å². The maximum atomic E-state index is 11.6. The molecule has 0 aliphatic heterocycles. The zero-order valence-electron chi connectivity index (χ0n) is 10.1. The summed E-state index contributed by atoms with van der Waals surface area (Å²) in [5.41, 5.74) is 0. The molecule has 0 aliphatic rings. The smallest absolute Gasteiger partial charge is 0.328 e. The SMILES string of the molecule is COC(=O)C(C)NC(=O)CSc1ccccc1Cl. The summed E-state index contributed by atoms with van der Waals surface area (Å²) in [6, 6.07) is 6.63. The number of ether oxygens (including phenoxy) is 1. The number of benzene rings is 1. The Morgan fingerprint density at radius 2 is 2.11 bits per heavy atom. The van der Waals surface area contributed by atoms with Crippen molar-refractivity contribution < 1.29 is 14.3 Å². The molecule has 0 saturated carbocycles. The molecule has 6 heteroatoms. The van der Waals surface area contributed by atoms with Gasteiger partial charge < -0.3 is 10.1 Å². The molecule has 0 radical (unpaired) electrons. The highest BCUT2D eigenvalue weighted by molar-refractivity contribution is 8.00. The number of thioether (sulfide) groups is 1. The Morgan fingerprint density at radius 3 is 2.72 bits per heavy atom. The lowest BCUT2D eigenvalue weighted by atomic mass is 10.3. The van der Waals surface area contributed by atoms with Crippen LogP contribution in [0.5, 0.6) is 0 Å². The molecule has 1 atom stereocenters. The van der Waals surface area contributed by atoms with Gasteiger partial charge in [-0.05, 0) is 19.1 Å². The van der Waals surface area contributed by atoms with E-state index < -0.39 is 12.0 Å². The van der Waals surface area contributed by atoms with Crippen LogP contribution in [0, 0.1) is 0 Å². The third-order valence-corrected chi connectivity index (χ3v) is 3.64. The quantitative estimate of drug-likeness (QED) is 0.666. The molecule has 0 heterocycles. The van der Waals surface area contributed by atoms with Crippen molar-refractivity contribution in [2.24, 2.45) is 0 Å². The van der Waals surface area contributed by atoms with Gasteiger partial charge in [0, 0.05) is 4.90 Å². The first-order valence-corrected chi connectivity index (χ1v) is 6.65. The summed E-state index contributed by atoms with van der Waals surface area (Å²) in [5, 5.41) is 3.15. The van der Waals surface area contributed by atoms with E-state index >= 15 is 0 Å². The molecule has 1 unspecified atom stereocenters. The second kappa shape index (κ2) is 7.28. The van der Waals surface area contributed by atoms with E-state index in [1.165, 1.54) is 18.9 Å². The molecule has 1 aromatic carbocycles. The van der Waals surface area contributed by atoms with Crippen molar-refractivity contribution in [2.45, 2.75) is 17.9 Å². The summed E-state index contributed by atoms with van der Waals surface area (Å²) < 4.78 is 4.51. The summed E-state index contributed by atoms with van der Waals surface area (Å²) in [6.45, 7) is 1.57. The number of methoxy groups -OCH3 is 1. The van der Waals surface area contributed by atoms with Crippen LogP contribution in [-0.4, -0.2) is 30.8 Å². The highest BCUT2D eigenvalue weighted by Gasteiger charge is 2.15. The van der Waals surface area contributed by atoms with Gasteiger partial charge in [-0.25, -0.2) is 4.79 Å². The van der Waals surface area contributed by atoms with Crippen molar-refractivity contribution in [1.29, 1.82) is 0 Å². The van der Waals surface area contributed by atoms with Crippen molar-refractivity contribution in [3.8, 4) is 0 Å². The van der Waals surface area contributed by atoms with E-state index in [9.17, 15) is 9.59 Å². The number of carbonyl (C=O) groups excluding carboxylic acids is 2. The largest absolute Gasteiger partial charge is 0.467 e. The lowest BCUT2D eigenvalue weighted by molar-refractivity contribution is -0.144. The third kappa shape index (κ3) is 4.58. The topological polar surface area (TPSA) is 55.4 Å². The van der Waals surface area contributed by atoms with Gasteiger partial charge >= 0.3 is 5.97 Å². The lowest BCUT2D eigenvalue weighted by Crippen LogP contribution is -2.40. The monoisotopic (exact) mass is 287 g/mol. The Kier molecular flexibility index (Phi) is 6.01. The first-order chi connectivity index (χ1) is 8.54. The summed E-state index contributed by atoms with van der Waals surface area (Å²) >= 11 is 7.28. The molecular weight excluding hydrogens is 274 g/mol. The first-order valence-electron chi connectivity index (χ1n) is 5.29. The van der Waals surface area contributed by atoms with Crippen molar-refractivity contribution in [1.82, 2.24) is 5.32 Å². The van der Waals surface area contributed by atoms with Crippen LogP contribution >= 0.6 is 23.4 Å². The summed E-state index contributed by atoms with van der Waals surface area (Å²) in [4.78, 5) is 23.5. The minimum atomic E-state index is -0.644. The van der Waals surface area contributed by atoms with Gasteiger partial charge in [0.05, 0.1) is 17.9 Å². The van der Waals surface area contributed by atoms with Gasteiger partial charge in [0.25, 0.3) is 0 Å². The average molecular weight is 288 g/mol. The summed E-state index contributed by atoms with van der Waals surface area (Å²) in [7, 11) is 1.28. The molecular formula is C12H14ClNO3S. The number of rotatable bonds is 5. The van der Waals surface area contributed by atoms with Crippen LogP contribution in [0.2, 0.25) is 5.02 Å². The van der Waals surface area contributed by atoms with E-state index in [2.05, 4.69) is 10.1 Å². The number of hydrogen-bond acceptors (Lipinski definition) is 4. The van der Waals surface area contributed by atoms with Crippen LogP contribution in [0.25, 0.3) is 0 Å². The fraction of sp³-hybridized carbons (Fsp3) is 0.333. The van der Waals surface area contributed by atoms with Crippen molar-refractivity contribution in [2.75, 3.05) is 12.9 Å². The molecule has 1 N–H and O–H groups in total. The van der Waals surface area contributed by atoms with Gasteiger partial charge in [-0.3, -0.25) is 4.79 Å². The molecule has 98 valence electrons. The van der Waals surface area contributed by atoms with Gasteiger partial charge in [-0.2, -0.15) is 0 Å². The van der Waals surface area contributed by atoms with E-state index in [1.807, 2.05) is 18.2 Å². The van der Waals surface area contributed by atoms with Crippen molar-refractivity contribution in [3.05, 3.63) is 29.3 Å². The number of carbonyl (C=O) groups is 2. The van der Waals surface area contributed by atoms with Crippen LogP contribution in [0.3, 0.4) is 0 Å². The molecule has 0 spiro atoms. The highest BCUT2D eigenvalue weighted by Crippen LogP contribution is 2.26. The Hall–Kier alpha value is -1.20. The Morgan fingerprint density at radius 1 is 1.44 bits per heavy atom. The van der Waals surface area contributed by atoms with Crippen molar-refractivity contribution in [3.63, 3.8) is 0 Å². The lowest BCUT2D eigenvalue weighted by Gasteiger charge is -2.11. The van der Waals surface area contributed by atoms with Gasteiger partial charge in [0.2, 0.25) is 5.91 Å². The van der Waals surface area contributed by atoms with Gasteiger partial charge in [0.15, 0.2) is 0 Å². The predicted octanol–water partition coefficient (Wildman–Crippen LogP) is 2.11. The predicted molar refractivity (Wildman–Crippen MR) is 71.8 cm³/mol. The Balaban J connectivity index is 2.43. The van der Waals surface area contributed by atoms with E-state index in [1.54, 1.807) is 13.0 Å². The molecule has 0 aromatic heterocycles. The second-order valence-electron chi connectivity index (χ2n) is 3.53. The Bertz CT molecular complexity index is 439. The molecule has 18 heavy (non-hydrogen) atoms. The summed E-state index contributed by atoms with van der Waals surface area (Å²) in [5.74, 6) is -0.505. The van der Waals surface area contributed by atoms with Crippen LogP contribution in [0.4, 0.5) is 0 Å². The number of hydrogen-bond donors (Lipinski definition) is 1. The molecule has 0 fully saturated rings. The van der Waals surface area contributed by atoms with E-state index in [4.69, 9.17) is 11.6 Å². The molecule has 0 saturated heterocycles. The minimum Gasteiger partial charge on any atom is -0.467 e. The third-order valence-electron chi connectivity index (χ3n) is 2.13. The number of halogens is 1. The van der Waals surface area contributed by atoms with E-state index in [-0.39, 0.29) is 11.7 Å². The van der Waals surface area contributed by atoms with E-state index in [0.717, 1.165) is 4.90 Å². The number of amides is 1. The second-order valence-corrected chi connectivity index (χ2v) is 4.96. The maximum Gasteiger partial charge on any atom is 0.328 e. The fourth-order valence-electron chi connectivity index (χ4n) is 1.22. The minimum absolute atomic E-state index is 0.199. The molecule has 0 bridgehead atoms. The number of esters is 1. The van der Waals surface area contributed by atoms with Gasteiger partial charge in [0.1, 0.15) is 6.04 Å². The van der Waals surface area contributed by atoms with Crippen molar-refractivity contribution >= 4 is 35.2 Å². The standard InChI is InChI=1S/C12H14ClNO3S/c1-8(12(16)17-2)14-11(15)7-18-10-6-4-3-5-9(10)13/h3-6,8H,7H2,1-2H3,(H,14,15). The van der Waals surface area contributed by atoms with Crippen LogP contribution in [0.1, 0.15) is 6.92 Å². The number of nitrogens with one attached hydrogen (secondary N) is 1. The average Bonchev–Trinajstić information content (AvgIpc) is 2.36. The first kappa shape index (κ1) is 14.9. The normalized spacial score (nSPS) is 11.7. The Labute approximate surface area is 115 Å². The zero-order valence-corrected chi connectivity index (χ0v) is 11.7. The zero-order chi connectivity index (χ0) is 13.5. The maximum absolute atomic E-state index is 11.6. The fourth-order valence-corrected chi connectivity index (χ4v) is 2.27.